The maximum atomic E-state index is 12.1. The number of nitrogens with zero attached hydrogens (tertiary/aromatic N) is 4. The van der Waals surface area contributed by atoms with Crippen molar-refractivity contribution in [2.75, 3.05) is 25.0 Å². The topological polar surface area (TPSA) is 73.9 Å². The summed E-state index contributed by atoms with van der Waals surface area (Å²) >= 11 is 0. The molecule has 0 spiro atoms. The molecule has 0 atom stereocenters. The van der Waals surface area contributed by atoms with Crippen LogP contribution in [0.4, 0.5) is 5.69 Å². The van der Waals surface area contributed by atoms with Crippen LogP contribution in [0.1, 0.15) is 36.2 Å². The van der Waals surface area contributed by atoms with Crippen molar-refractivity contribution in [3.05, 3.63) is 47.3 Å². The Morgan fingerprint density at radius 3 is 2.74 bits per heavy atom. The second kappa shape index (κ2) is 10.4. The molecule has 27 heavy (non-hydrogen) atoms. The third-order valence-corrected chi connectivity index (χ3v) is 4.76. The first-order valence-electron chi connectivity index (χ1n) is 9.45. The SMILES string of the molecule is Cc1nn(CCC#N)c(C)c1CCC(=O)NCCCN(C)c1ccccc1. The van der Waals surface area contributed by atoms with Crippen molar-refractivity contribution in [3.63, 3.8) is 0 Å². The van der Waals surface area contributed by atoms with Crippen molar-refractivity contribution >= 4 is 11.6 Å². The maximum absolute atomic E-state index is 12.1. The number of aromatic nitrogens is 2. The van der Waals surface area contributed by atoms with Crippen LogP contribution >= 0.6 is 0 Å². The summed E-state index contributed by atoms with van der Waals surface area (Å²) in [6, 6.07) is 12.4. The fraction of sp³-hybridized carbons (Fsp3) is 0.476. The highest BCUT2D eigenvalue weighted by Crippen LogP contribution is 2.15. The van der Waals surface area contributed by atoms with E-state index in [0.717, 1.165) is 29.9 Å². The van der Waals surface area contributed by atoms with Gasteiger partial charge in [0.15, 0.2) is 0 Å². The molecule has 6 nitrogen and oxygen atoms in total. The van der Waals surface area contributed by atoms with E-state index in [9.17, 15) is 4.79 Å². The van der Waals surface area contributed by atoms with E-state index in [1.807, 2.05) is 36.7 Å². The molecule has 0 fully saturated rings. The summed E-state index contributed by atoms with van der Waals surface area (Å²) in [4.78, 5) is 14.3. The molecular formula is C21H29N5O. The van der Waals surface area contributed by atoms with Crippen LogP contribution in [0.5, 0.6) is 0 Å². The fourth-order valence-electron chi connectivity index (χ4n) is 3.15. The molecule has 1 amide bonds. The molecule has 2 aromatic rings. The summed E-state index contributed by atoms with van der Waals surface area (Å²) in [5.41, 5.74) is 4.30. The largest absolute Gasteiger partial charge is 0.375 e. The summed E-state index contributed by atoms with van der Waals surface area (Å²) in [6.07, 6.45) is 2.49. The highest BCUT2D eigenvalue weighted by Gasteiger charge is 2.13. The maximum Gasteiger partial charge on any atom is 0.220 e. The number of rotatable bonds is 10. The number of benzene rings is 1. The highest BCUT2D eigenvalue weighted by atomic mass is 16.1. The van der Waals surface area contributed by atoms with Crippen molar-refractivity contribution in [2.24, 2.45) is 0 Å². The van der Waals surface area contributed by atoms with Gasteiger partial charge in [0.05, 0.1) is 24.7 Å². The summed E-state index contributed by atoms with van der Waals surface area (Å²) in [5.74, 6) is 0.0703. The molecule has 144 valence electrons. The Morgan fingerprint density at radius 1 is 1.30 bits per heavy atom. The first-order chi connectivity index (χ1) is 13.0. The molecule has 6 heteroatoms. The van der Waals surface area contributed by atoms with E-state index in [1.54, 1.807) is 0 Å². The third-order valence-electron chi connectivity index (χ3n) is 4.76. The summed E-state index contributed by atoms with van der Waals surface area (Å²) in [5, 5.41) is 16.2. The van der Waals surface area contributed by atoms with E-state index in [2.05, 4.69) is 40.6 Å². The summed E-state index contributed by atoms with van der Waals surface area (Å²) in [7, 11) is 2.06. The first kappa shape index (κ1) is 20.5. The normalized spacial score (nSPS) is 10.4. The number of nitriles is 1. The Kier molecular flexibility index (Phi) is 7.87. The Bertz CT molecular complexity index is 776. The van der Waals surface area contributed by atoms with Gasteiger partial charge in [-0.05, 0) is 44.4 Å². The van der Waals surface area contributed by atoms with Crippen LogP contribution < -0.4 is 10.2 Å². The van der Waals surface area contributed by atoms with E-state index >= 15 is 0 Å². The molecule has 0 bridgehead atoms. The quantitative estimate of drug-likeness (QED) is 0.655. The van der Waals surface area contributed by atoms with Gasteiger partial charge in [-0.1, -0.05) is 18.2 Å². The van der Waals surface area contributed by atoms with E-state index in [0.29, 0.717) is 32.4 Å². The molecule has 0 aliphatic heterocycles. The van der Waals surface area contributed by atoms with Gasteiger partial charge in [0.1, 0.15) is 0 Å². The minimum Gasteiger partial charge on any atom is -0.375 e. The Morgan fingerprint density at radius 2 is 2.04 bits per heavy atom. The van der Waals surface area contributed by atoms with Crippen LogP contribution in [0.15, 0.2) is 30.3 Å². The number of hydrogen-bond donors (Lipinski definition) is 1. The average Bonchev–Trinajstić information content (AvgIpc) is 2.95. The van der Waals surface area contributed by atoms with Crippen molar-refractivity contribution in [2.45, 2.75) is 46.1 Å². The van der Waals surface area contributed by atoms with Crippen molar-refractivity contribution < 1.29 is 4.79 Å². The smallest absolute Gasteiger partial charge is 0.220 e. The van der Waals surface area contributed by atoms with Crippen molar-refractivity contribution in [1.29, 1.82) is 5.26 Å². The van der Waals surface area contributed by atoms with Gasteiger partial charge in [-0.2, -0.15) is 10.4 Å². The molecule has 0 saturated heterocycles. The lowest BCUT2D eigenvalue weighted by Crippen LogP contribution is -2.28. The lowest BCUT2D eigenvalue weighted by molar-refractivity contribution is -0.121. The number of carbonyl (C=O) groups excluding carboxylic acids is 1. The van der Waals surface area contributed by atoms with Crippen molar-refractivity contribution in [1.82, 2.24) is 15.1 Å². The molecule has 0 saturated carbocycles. The zero-order valence-electron chi connectivity index (χ0n) is 16.5. The van der Waals surface area contributed by atoms with E-state index in [-0.39, 0.29) is 5.91 Å². The number of aryl methyl sites for hydroxylation is 2. The predicted octanol–water partition coefficient (Wildman–Crippen LogP) is 2.99. The molecule has 1 aromatic heterocycles. The van der Waals surface area contributed by atoms with E-state index in [4.69, 9.17) is 5.26 Å². The molecule has 0 aliphatic rings. The van der Waals surface area contributed by atoms with Gasteiger partial charge in [-0.15, -0.1) is 0 Å². The van der Waals surface area contributed by atoms with Gasteiger partial charge in [0, 0.05) is 37.9 Å². The van der Waals surface area contributed by atoms with Gasteiger partial charge in [-0.25, -0.2) is 0 Å². The summed E-state index contributed by atoms with van der Waals surface area (Å²) < 4.78 is 1.87. The van der Waals surface area contributed by atoms with Crippen LogP contribution in [0.3, 0.4) is 0 Å². The van der Waals surface area contributed by atoms with Crippen LogP contribution in [-0.4, -0.2) is 35.8 Å². The molecule has 0 radical (unpaired) electrons. The molecule has 1 N–H and O–H groups in total. The van der Waals surface area contributed by atoms with Gasteiger partial charge in [-0.3, -0.25) is 9.48 Å². The monoisotopic (exact) mass is 367 g/mol. The minimum atomic E-state index is 0.0703. The number of hydrogen-bond acceptors (Lipinski definition) is 4. The van der Waals surface area contributed by atoms with Gasteiger partial charge < -0.3 is 10.2 Å². The molecule has 1 aromatic carbocycles. The average molecular weight is 367 g/mol. The molecule has 0 unspecified atom stereocenters. The Balaban J connectivity index is 1.71. The minimum absolute atomic E-state index is 0.0703. The first-order valence-corrected chi connectivity index (χ1v) is 9.45. The zero-order valence-corrected chi connectivity index (χ0v) is 16.5. The van der Waals surface area contributed by atoms with Gasteiger partial charge in [0.2, 0.25) is 5.91 Å². The van der Waals surface area contributed by atoms with Crippen LogP contribution in [0.2, 0.25) is 0 Å². The number of amides is 1. The number of carbonyl (C=O) groups is 1. The van der Waals surface area contributed by atoms with Gasteiger partial charge >= 0.3 is 0 Å². The van der Waals surface area contributed by atoms with Gasteiger partial charge in [0.25, 0.3) is 0 Å². The Hall–Kier alpha value is -2.81. The number of para-hydroxylation sites is 1. The van der Waals surface area contributed by atoms with Crippen LogP contribution in [0, 0.1) is 25.2 Å². The standard InChI is InChI=1S/C21H29N5O/c1-17-20(18(2)26(24-17)16-7-13-22)11-12-21(27)23-14-8-15-25(3)19-9-5-4-6-10-19/h4-6,9-10H,7-8,11-12,14-16H2,1-3H3,(H,23,27). The lowest BCUT2D eigenvalue weighted by atomic mass is 10.1. The van der Waals surface area contributed by atoms with E-state index in [1.165, 1.54) is 5.69 Å². The molecule has 2 rings (SSSR count). The second-order valence-corrected chi connectivity index (χ2v) is 6.74. The summed E-state index contributed by atoms with van der Waals surface area (Å²) in [6.45, 7) is 6.14. The number of anilines is 1. The molecular weight excluding hydrogens is 338 g/mol. The predicted molar refractivity (Wildman–Crippen MR) is 108 cm³/mol. The van der Waals surface area contributed by atoms with Crippen LogP contribution in [0.25, 0.3) is 0 Å². The Labute approximate surface area is 161 Å². The lowest BCUT2D eigenvalue weighted by Gasteiger charge is -2.19. The van der Waals surface area contributed by atoms with E-state index < -0.39 is 0 Å². The zero-order chi connectivity index (χ0) is 19.6. The van der Waals surface area contributed by atoms with Crippen LogP contribution in [-0.2, 0) is 17.8 Å². The third kappa shape index (κ3) is 6.14. The molecule has 0 aliphatic carbocycles. The fourth-order valence-corrected chi connectivity index (χ4v) is 3.15. The highest BCUT2D eigenvalue weighted by molar-refractivity contribution is 5.76. The number of nitrogens with one attached hydrogen (secondary N) is 1. The molecule has 1 heterocycles. The second-order valence-electron chi connectivity index (χ2n) is 6.74. The van der Waals surface area contributed by atoms with Crippen molar-refractivity contribution in [3.8, 4) is 6.07 Å².